The van der Waals surface area contributed by atoms with Crippen LogP contribution in [0.15, 0.2) is 40.3 Å². The minimum atomic E-state index is -0.716. The normalized spacial score (nSPS) is 11.0. The standard InChI is InChI=1S/C21H20ClNO5/c1-3-5-10-27-21(25)17-12-14(6-8-18(17)22)19-9-7-16(28-19)11-15(13-23)20(24)26-4-2/h6-9,11-12H,3-5,10H2,1-2H3/b15-11+. The van der Waals surface area contributed by atoms with E-state index in [1.165, 1.54) is 6.08 Å². The quantitative estimate of drug-likeness (QED) is 0.267. The molecule has 0 amide bonds. The van der Waals surface area contributed by atoms with Crippen molar-refractivity contribution in [2.45, 2.75) is 26.7 Å². The van der Waals surface area contributed by atoms with Crippen molar-refractivity contribution < 1.29 is 23.5 Å². The van der Waals surface area contributed by atoms with Crippen LogP contribution in [0.3, 0.4) is 0 Å². The molecule has 0 atom stereocenters. The largest absolute Gasteiger partial charge is 0.462 e. The number of nitrogens with zero attached hydrogens (tertiary/aromatic N) is 1. The zero-order valence-corrected chi connectivity index (χ0v) is 16.4. The van der Waals surface area contributed by atoms with Crippen LogP contribution in [0.25, 0.3) is 17.4 Å². The number of hydrogen-bond acceptors (Lipinski definition) is 6. The summed E-state index contributed by atoms with van der Waals surface area (Å²) in [5.74, 6) is -0.457. The topological polar surface area (TPSA) is 89.5 Å². The van der Waals surface area contributed by atoms with E-state index in [9.17, 15) is 9.59 Å². The predicted molar refractivity (Wildman–Crippen MR) is 105 cm³/mol. The van der Waals surface area contributed by atoms with Gasteiger partial charge in [-0.15, -0.1) is 0 Å². The Kier molecular flexibility index (Phi) is 7.85. The molecule has 0 bridgehead atoms. The number of esters is 2. The summed E-state index contributed by atoms with van der Waals surface area (Å²) < 4.78 is 15.7. The molecule has 0 aliphatic carbocycles. The fourth-order valence-electron chi connectivity index (χ4n) is 2.30. The zero-order chi connectivity index (χ0) is 20.5. The lowest BCUT2D eigenvalue weighted by molar-refractivity contribution is -0.137. The first-order chi connectivity index (χ1) is 13.5. The average Bonchev–Trinajstić information content (AvgIpc) is 3.15. The van der Waals surface area contributed by atoms with Gasteiger partial charge in [-0.1, -0.05) is 24.9 Å². The van der Waals surface area contributed by atoms with Crippen LogP contribution < -0.4 is 0 Å². The van der Waals surface area contributed by atoms with Crippen LogP contribution in [0.2, 0.25) is 5.02 Å². The van der Waals surface area contributed by atoms with Crippen LogP contribution in [-0.2, 0) is 14.3 Å². The van der Waals surface area contributed by atoms with Crippen molar-refractivity contribution in [3.63, 3.8) is 0 Å². The number of rotatable bonds is 8. The van der Waals surface area contributed by atoms with Crippen LogP contribution in [0.1, 0.15) is 42.8 Å². The molecule has 1 heterocycles. The number of benzene rings is 1. The van der Waals surface area contributed by atoms with Crippen LogP contribution >= 0.6 is 11.6 Å². The van der Waals surface area contributed by atoms with Crippen molar-refractivity contribution in [1.29, 1.82) is 5.26 Å². The van der Waals surface area contributed by atoms with E-state index in [2.05, 4.69) is 0 Å². The van der Waals surface area contributed by atoms with Gasteiger partial charge in [-0.25, -0.2) is 9.59 Å². The molecule has 0 fully saturated rings. The van der Waals surface area contributed by atoms with E-state index in [0.717, 1.165) is 12.8 Å². The third-order valence-corrected chi connectivity index (χ3v) is 4.06. The molecule has 0 unspecified atom stereocenters. The maximum atomic E-state index is 12.2. The molecule has 0 aliphatic heterocycles. The van der Waals surface area contributed by atoms with Crippen molar-refractivity contribution >= 4 is 29.6 Å². The maximum Gasteiger partial charge on any atom is 0.349 e. The molecule has 2 rings (SSSR count). The molecule has 0 saturated heterocycles. The SMILES string of the molecule is CCCCOC(=O)c1cc(-c2ccc(/C=C(\C#N)C(=O)OCC)o2)ccc1Cl. The van der Waals surface area contributed by atoms with Crippen molar-refractivity contribution in [1.82, 2.24) is 0 Å². The van der Waals surface area contributed by atoms with Gasteiger partial charge in [0, 0.05) is 11.6 Å². The summed E-state index contributed by atoms with van der Waals surface area (Å²) in [7, 11) is 0. The highest BCUT2D eigenvalue weighted by atomic mass is 35.5. The van der Waals surface area contributed by atoms with Gasteiger partial charge in [-0.05, 0) is 43.7 Å². The number of carbonyl (C=O) groups is 2. The summed E-state index contributed by atoms with van der Waals surface area (Å²) in [6.07, 6.45) is 3.00. The molecule has 1 aromatic carbocycles. The highest BCUT2D eigenvalue weighted by Crippen LogP contribution is 2.28. The highest BCUT2D eigenvalue weighted by Gasteiger charge is 2.16. The van der Waals surface area contributed by atoms with Gasteiger partial charge in [-0.2, -0.15) is 5.26 Å². The molecule has 0 radical (unpaired) electrons. The maximum absolute atomic E-state index is 12.2. The van der Waals surface area contributed by atoms with Gasteiger partial charge in [0.15, 0.2) is 0 Å². The average molecular weight is 402 g/mol. The molecule has 2 aromatic rings. The van der Waals surface area contributed by atoms with E-state index in [4.69, 9.17) is 30.8 Å². The smallest absolute Gasteiger partial charge is 0.349 e. The van der Waals surface area contributed by atoms with Gasteiger partial charge in [0.05, 0.1) is 23.8 Å². The Morgan fingerprint density at radius 2 is 2.00 bits per heavy atom. The molecule has 28 heavy (non-hydrogen) atoms. The second-order valence-corrected chi connectivity index (χ2v) is 6.18. The molecule has 0 N–H and O–H groups in total. The van der Waals surface area contributed by atoms with Crippen LogP contribution in [0.5, 0.6) is 0 Å². The number of unbranched alkanes of at least 4 members (excludes halogenated alkanes) is 1. The molecule has 0 saturated carbocycles. The van der Waals surface area contributed by atoms with Crippen molar-refractivity contribution in [3.8, 4) is 17.4 Å². The van der Waals surface area contributed by atoms with Gasteiger partial charge in [-0.3, -0.25) is 0 Å². The van der Waals surface area contributed by atoms with Gasteiger partial charge >= 0.3 is 11.9 Å². The summed E-state index contributed by atoms with van der Waals surface area (Å²) >= 11 is 6.12. The first kappa shape index (κ1) is 21.3. The van der Waals surface area contributed by atoms with Crippen LogP contribution in [-0.4, -0.2) is 25.2 Å². The minimum absolute atomic E-state index is 0.168. The van der Waals surface area contributed by atoms with Crippen molar-refractivity contribution in [2.24, 2.45) is 0 Å². The molecule has 0 aliphatic rings. The molecule has 6 nitrogen and oxygen atoms in total. The summed E-state index contributed by atoms with van der Waals surface area (Å²) in [5, 5.41) is 9.38. The third-order valence-electron chi connectivity index (χ3n) is 3.73. The van der Waals surface area contributed by atoms with E-state index < -0.39 is 11.9 Å². The number of carbonyl (C=O) groups excluding carboxylic acids is 2. The fraction of sp³-hybridized carbons (Fsp3) is 0.286. The van der Waals surface area contributed by atoms with Crippen LogP contribution in [0.4, 0.5) is 0 Å². The Labute approximate surface area is 168 Å². The first-order valence-corrected chi connectivity index (χ1v) is 9.23. The fourth-order valence-corrected chi connectivity index (χ4v) is 2.49. The van der Waals surface area contributed by atoms with Gasteiger partial charge in [0.1, 0.15) is 23.2 Å². The predicted octanol–water partition coefficient (Wildman–Crippen LogP) is 5.03. The van der Waals surface area contributed by atoms with E-state index in [1.807, 2.05) is 6.92 Å². The molecular formula is C21H20ClNO5. The highest BCUT2D eigenvalue weighted by molar-refractivity contribution is 6.33. The van der Waals surface area contributed by atoms with E-state index in [-0.39, 0.29) is 22.8 Å². The lowest BCUT2D eigenvalue weighted by Crippen LogP contribution is -2.07. The van der Waals surface area contributed by atoms with Crippen molar-refractivity contribution in [2.75, 3.05) is 13.2 Å². The Bertz CT molecular complexity index is 923. The number of furan rings is 1. The number of nitriles is 1. The van der Waals surface area contributed by atoms with E-state index in [1.54, 1.807) is 43.3 Å². The Morgan fingerprint density at radius 1 is 1.21 bits per heavy atom. The van der Waals surface area contributed by atoms with Gasteiger partial charge in [0.25, 0.3) is 0 Å². The second-order valence-electron chi connectivity index (χ2n) is 5.78. The lowest BCUT2D eigenvalue weighted by atomic mass is 10.1. The molecule has 7 heteroatoms. The third kappa shape index (κ3) is 5.48. The molecule has 1 aromatic heterocycles. The number of halogens is 1. The Balaban J connectivity index is 2.25. The Hall–Kier alpha value is -3.04. The second kappa shape index (κ2) is 10.3. The summed E-state index contributed by atoms with van der Waals surface area (Å²) in [6, 6.07) is 9.94. The summed E-state index contributed by atoms with van der Waals surface area (Å²) in [4.78, 5) is 23.9. The number of ether oxygens (including phenoxy) is 2. The zero-order valence-electron chi connectivity index (χ0n) is 15.7. The lowest BCUT2D eigenvalue weighted by Gasteiger charge is -2.07. The Morgan fingerprint density at radius 3 is 2.68 bits per heavy atom. The molecule has 0 spiro atoms. The first-order valence-electron chi connectivity index (χ1n) is 8.85. The monoisotopic (exact) mass is 401 g/mol. The van der Waals surface area contributed by atoms with Crippen LogP contribution in [0, 0.1) is 11.3 Å². The summed E-state index contributed by atoms with van der Waals surface area (Å²) in [5.41, 5.74) is 0.688. The van der Waals surface area contributed by atoms with Gasteiger partial charge in [0.2, 0.25) is 0 Å². The molecule has 146 valence electrons. The van der Waals surface area contributed by atoms with E-state index >= 15 is 0 Å². The minimum Gasteiger partial charge on any atom is -0.462 e. The number of hydrogen-bond donors (Lipinski definition) is 0. The van der Waals surface area contributed by atoms with Crippen molar-refractivity contribution in [3.05, 3.63) is 52.3 Å². The molecular weight excluding hydrogens is 382 g/mol. The van der Waals surface area contributed by atoms with Gasteiger partial charge < -0.3 is 13.9 Å². The summed E-state index contributed by atoms with van der Waals surface area (Å²) in [6.45, 7) is 4.16. The van der Waals surface area contributed by atoms with E-state index in [0.29, 0.717) is 23.7 Å².